The Hall–Kier alpha value is -1.08. The molecule has 0 saturated heterocycles. The fraction of sp³-hybridized carbons (Fsp3) is 0.571. The van der Waals surface area contributed by atoms with Gasteiger partial charge in [-0.2, -0.15) is 0 Å². The number of aliphatic imine (C=N–C) groups is 1. The normalized spacial score (nSPS) is 15.1. The molecule has 0 atom stereocenters. The standard InChI is InChI=1S/C21H33N3O.HI/c1-5-17-6-8-19(9-7-17)21(2,3)16-24-20(22-4)23-13-10-18-11-14-25-15-12-18;/h6-9,11H,5,10,12-16H2,1-4H3,(H2,22,23,24);1H. The van der Waals surface area contributed by atoms with Crippen LogP contribution in [0.4, 0.5) is 0 Å². The topological polar surface area (TPSA) is 45.7 Å². The number of rotatable bonds is 7. The van der Waals surface area contributed by atoms with Crippen molar-refractivity contribution < 1.29 is 4.74 Å². The van der Waals surface area contributed by atoms with Gasteiger partial charge in [0.05, 0.1) is 13.2 Å². The maximum atomic E-state index is 5.35. The Kier molecular flexibility index (Phi) is 10.2. The van der Waals surface area contributed by atoms with E-state index < -0.39 is 0 Å². The van der Waals surface area contributed by atoms with E-state index in [2.05, 4.69) is 66.7 Å². The number of benzene rings is 1. The van der Waals surface area contributed by atoms with Crippen molar-refractivity contribution in [3.05, 3.63) is 47.0 Å². The lowest BCUT2D eigenvalue weighted by Crippen LogP contribution is -2.43. The van der Waals surface area contributed by atoms with Gasteiger partial charge in [0, 0.05) is 25.6 Å². The van der Waals surface area contributed by atoms with Crippen molar-refractivity contribution >= 4 is 29.9 Å². The molecule has 1 aromatic rings. The largest absolute Gasteiger partial charge is 0.377 e. The molecular formula is C21H34IN3O. The molecular weight excluding hydrogens is 437 g/mol. The molecule has 0 aliphatic carbocycles. The number of hydrogen-bond donors (Lipinski definition) is 2. The summed E-state index contributed by atoms with van der Waals surface area (Å²) in [5.41, 5.74) is 4.26. The van der Waals surface area contributed by atoms with Gasteiger partial charge in [-0.3, -0.25) is 4.99 Å². The fourth-order valence-electron chi connectivity index (χ4n) is 2.95. The first-order chi connectivity index (χ1) is 12.0. The van der Waals surface area contributed by atoms with Crippen LogP contribution in [0.1, 0.15) is 44.7 Å². The minimum Gasteiger partial charge on any atom is -0.377 e. The molecule has 0 bridgehead atoms. The van der Waals surface area contributed by atoms with Crippen LogP contribution in [0.2, 0.25) is 0 Å². The van der Waals surface area contributed by atoms with E-state index in [1.807, 2.05) is 7.05 Å². The van der Waals surface area contributed by atoms with Gasteiger partial charge in [-0.25, -0.2) is 0 Å². The first-order valence-corrected chi connectivity index (χ1v) is 9.34. The van der Waals surface area contributed by atoms with Gasteiger partial charge in [-0.15, -0.1) is 24.0 Å². The minimum atomic E-state index is 0. The van der Waals surface area contributed by atoms with Gasteiger partial charge in [-0.1, -0.05) is 56.7 Å². The van der Waals surface area contributed by atoms with Crippen molar-refractivity contribution in [2.45, 2.75) is 45.4 Å². The Balaban J connectivity index is 0.00000338. The third-order valence-electron chi connectivity index (χ3n) is 4.86. The van der Waals surface area contributed by atoms with Crippen molar-refractivity contribution in [2.75, 3.05) is 33.4 Å². The molecule has 0 spiro atoms. The highest BCUT2D eigenvalue weighted by atomic mass is 127. The molecule has 2 N–H and O–H groups in total. The quantitative estimate of drug-likeness (QED) is 0.273. The first-order valence-electron chi connectivity index (χ1n) is 9.34. The van der Waals surface area contributed by atoms with E-state index >= 15 is 0 Å². The van der Waals surface area contributed by atoms with Crippen LogP contribution in [-0.4, -0.2) is 39.3 Å². The van der Waals surface area contributed by atoms with Gasteiger partial charge in [0.25, 0.3) is 0 Å². The lowest BCUT2D eigenvalue weighted by molar-refractivity contribution is 0.153. The average Bonchev–Trinajstić information content (AvgIpc) is 2.65. The lowest BCUT2D eigenvalue weighted by Gasteiger charge is -2.27. The maximum Gasteiger partial charge on any atom is 0.191 e. The van der Waals surface area contributed by atoms with Gasteiger partial charge >= 0.3 is 0 Å². The molecule has 5 heteroatoms. The zero-order chi connectivity index (χ0) is 18.1. The van der Waals surface area contributed by atoms with Crippen LogP contribution in [0.5, 0.6) is 0 Å². The number of nitrogens with one attached hydrogen (secondary N) is 2. The highest BCUT2D eigenvalue weighted by Crippen LogP contribution is 2.22. The molecule has 1 aliphatic heterocycles. The van der Waals surface area contributed by atoms with Crippen molar-refractivity contribution in [2.24, 2.45) is 4.99 Å². The van der Waals surface area contributed by atoms with Crippen molar-refractivity contribution in [1.82, 2.24) is 10.6 Å². The molecule has 4 nitrogen and oxygen atoms in total. The Morgan fingerprint density at radius 1 is 1.19 bits per heavy atom. The molecule has 1 aliphatic rings. The predicted molar refractivity (Wildman–Crippen MR) is 122 cm³/mol. The molecule has 0 aromatic heterocycles. The molecule has 0 saturated carbocycles. The van der Waals surface area contributed by atoms with E-state index in [1.54, 1.807) is 0 Å². The average molecular weight is 471 g/mol. The molecule has 2 rings (SSSR count). The van der Waals surface area contributed by atoms with Crippen molar-refractivity contribution in [1.29, 1.82) is 0 Å². The maximum absolute atomic E-state index is 5.35. The Morgan fingerprint density at radius 2 is 1.92 bits per heavy atom. The smallest absolute Gasteiger partial charge is 0.191 e. The summed E-state index contributed by atoms with van der Waals surface area (Å²) in [6.45, 7) is 10.1. The SMILES string of the molecule is CCc1ccc(C(C)(C)CNC(=NC)NCCC2=CCOCC2)cc1.I. The first kappa shape index (κ1) is 23.0. The monoisotopic (exact) mass is 471 g/mol. The van der Waals surface area contributed by atoms with E-state index in [1.165, 1.54) is 16.7 Å². The van der Waals surface area contributed by atoms with Gasteiger partial charge in [0.15, 0.2) is 5.96 Å². The minimum absolute atomic E-state index is 0. The van der Waals surface area contributed by atoms with E-state index in [4.69, 9.17) is 4.74 Å². The molecule has 0 amide bonds. The summed E-state index contributed by atoms with van der Waals surface area (Å²) < 4.78 is 5.35. The van der Waals surface area contributed by atoms with Crippen LogP contribution in [-0.2, 0) is 16.6 Å². The second kappa shape index (κ2) is 11.6. The molecule has 1 aromatic carbocycles. The summed E-state index contributed by atoms with van der Waals surface area (Å²) in [4.78, 5) is 4.35. The number of ether oxygens (including phenoxy) is 1. The summed E-state index contributed by atoms with van der Waals surface area (Å²) in [7, 11) is 1.83. The number of hydrogen-bond acceptors (Lipinski definition) is 2. The summed E-state index contributed by atoms with van der Waals surface area (Å²) in [6.07, 6.45) is 5.38. The molecule has 1 heterocycles. The van der Waals surface area contributed by atoms with Gasteiger partial charge in [-0.05, 0) is 30.4 Å². The highest BCUT2D eigenvalue weighted by Gasteiger charge is 2.20. The van der Waals surface area contributed by atoms with Gasteiger partial charge in [0.2, 0.25) is 0 Å². The van der Waals surface area contributed by atoms with Gasteiger partial charge in [0.1, 0.15) is 0 Å². The van der Waals surface area contributed by atoms with Crippen LogP contribution in [0, 0.1) is 0 Å². The zero-order valence-corrected chi connectivity index (χ0v) is 18.9. The van der Waals surface area contributed by atoms with E-state index in [0.717, 1.165) is 51.5 Å². The van der Waals surface area contributed by atoms with Gasteiger partial charge < -0.3 is 15.4 Å². The number of aryl methyl sites for hydroxylation is 1. The Morgan fingerprint density at radius 3 is 2.50 bits per heavy atom. The number of nitrogens with zero attached hydrogens (tertiary/aromatic N) is 1. The van der Waals surface area contributed by atoms with E-state index in [0.29, 0.717) is 0 Å². The van der Waals surface area contributed by atoms with E-state index in [9.17, 15) is 0 Å². The fourth-order valence-corrected chi connectivity index (χ4v) is 2.95. The van der Waals surface area contributed by atoms with Crippen LogP contribution < -0.4 is 10.6 Å². The molecule has 0 unspecified atom stereocenters. The summed E-state index contributed by atoms with van der Waals surface area (Å²) in [5, 5.41) is 6.89. The highest BCUT2D eigenvalue weighted by molar-refractivity contribution is 14.0. The molecule has 0 fully saturated rings. The summed E-state index contributed by atoms with van der Waals surface area (Å²) >= 11 is 0. The number of halogens is 1. The molecule has 0 radical (unpaired) electrons. The summed E-state index contributed by atoms with van der Waals surface area (Å²) in [6, 6.07) is 8.94. The Bertz CT molecular complexity index is 594. The van der Waals surface area contributed by atoms with Crippen molar-refractivity contribution in [3.63, 3.8) is 0 Å². The van der Waals surface area contributed by atoms with Crippen LogP contribution in [0.25, 0.3) is 0 Å². The van der Waals surface area contributed by atoms with Crippen LogP contribution in [0.3, 0.4) is 0 Å². The van der Waals surface area contributed by atoms with Crippen LogP contribution >= 0.6 is 24.0 Å². The second-order valence-electron chi connectivity index (χ2n) is 7.22. The third-order valence-corrected chi connectivity index (χ3v) is 4.86. The zero-order valence-electron chi connectivity index (χ0n) is 16.6. The lowest BCUT2D eigenvalue weighted by atomic mass is 9.84. The summed E-state index contributed by atoms with van der Waals surface area (Å²) in [5.74, 6) is 0.867. The van der Waals surface area contributed by atoms with Crippen LogP contribution in [0.15, 0.2) is 40.9 Å². The molecule has 146 valence electrons. The number of guanidine groups is 1. The third kappa shape index (κ3) is 7.27. The molecule has 26 heavy (non-hydrogen) atoms. The Labute approximate surface area is 175 Å². The second-order valence-corrected chi connectivity index (χ2v) is 7.22. The van der Waals surface area contributed by atoms with E-state index in [-0.39, 0.29) is 29.4 Å². The predicted octanol–water partition coefficient (Wildman–Crippen LogP) is 4.05. The van der Waals surface area contributed by atoms with Crippen molar-refractivity contribution in [3.8, 4) is 0 Å².